The van der Waals surface area contributed by atoms with Crippen LogP contribution in [0.1, 0.15) is 42.5 Å². The fourth-order valence-electron chi connectivity index (χ4n) is 2.86. The van der Waals surface area contributed by atoms with E-state index in [2.05, 4.69) is 5.32 Å². The number of unbranched alkanes of at least 4 members (excludes halogenated alkanes) is 1. The van der Waals surface area contributed by atoms with Crippen molar-refractivity contribution in [2.24, 2.45) is 0 Å². The van der Waals surface area contributed by atoms with Crippen LogP contribution in [0.5, 0.6) is 0 Å². The molecule has 1 atom stereocenters. The third-order valence-electron chi connectivity index (χ3n) is 4.04. The van der Waals surface area contributed by atoms with E-state index in [-0.39, 0.29) is 18.2 Å². The largest absolute Gasteiger partial charge is 0.481 e. The van der Waals surface area contributed by atoms with Gasteiger partial charge in [-0.3, -0.25) is 14.4 Å². The molecule has 1 fully saturated rings. The van der Waals surface area contributed by atoms with E-state index in [0.717, 1.165) is 6.42 Å². The van der Waals surface area contributed by atoms with Gasteiger partial charge >= 0.3 is 5.97 Å². The fraction of sp³-hybridized carbons (Fsp3) is 0.471. The van der Waals surface area contributed by atoms with Gasteiger partial charge in [-0.1, -0.05) is 23.2 Å². The second-order valence-corrected chi connectivity index (χ2v) is 6.83. The summed E-state index contributed by atoms with van der Waals surface area (Å²) < 4.78 is 0. The molecule has 0 radical (unpaired) electrons. The van der Waals surface area contributed by atoms with E-state index in [0.29, 0.717) is 48.0 Å². The van der Waals surface area contributed by atoms with E-state index in [1.807, 2.05) is 0 Å². The number of likely N-dealkylation sites (tertiary alicyclic amines) is 1. The summed E-state index contributed by atoms with van der Waals surface area (Å²) in [6.07, 6.45) is 2.52. The molecule has 2 amide bonds. The number of benzene rings is 1. The molecule has 0 bridgehead atoms. The Kier molecular flexibility index (Phi) is 7.08. The maximum atomic E-state index is 12.7. The summed E-state index contributed by atoms with van der Waals surface area (Å²) in [5.41, 5.74) is 0.360. The highest BCUT2D eigenvalue weighted by Gasteiger charge is 2.34. The van der Waals surface area contributed by atoms with Crippen LogP contribution in [0.2, 0.25) is 10.0 Å². The highest BCUT2D eigenvalue weighted by atomic mass is 35.5. The smallest absolute Gasteiger partial charge is 0.303 e. The van der Waals surface area contributed by atoms with Crippen molar-refractivity contribution >= 4 is 41.0 Å². The van der Waals surface area contributed by atoms with Crippen molar-refractivity contribution in [3.05, 3.63) is 33.8 Å². The molecule has 0 aromatic heterocycles. The molecule has 0 saturated carbocycles. The van der Waals surface area contributed by atoms with Crippen molar-refractivity contribution in [3.8, 4) is 0 Å². The van der Waals surface area contributed by atoms with Crippen LogP contribution in [0.25, 0.3) is 0 Å². The molecule has 1 aromatic rings. The van der Waals surface area contributed by atoms with Gasteiger partial charge in [-0.05, 0) is 43.9 Å². The maximum absolute atomic E-state index is 12.7. The molecule has 8 heteroatoms. The maximum Gasteiger partial charge on any atom is 0.303 e. The number of carboxylic acid groups (broad SMARTS) is 1. The minimum Gasteiger partial charge on any atom is -0.481 e. The molecule has 0 spiro atoms. The third kappa shape index (κ3) is 5.61. The number of hydrogen-bond donors (Lipinski definition) is 2. The van der Waals surface area contributed by atoms with Gasteiger partial charge in [-0.25, -0.2) is 0 Å². The number of halogens is 2. The van der Waals surface area contributed by atoms with E-state index in [9.17, 15) is 14.4 Å². The Hall–Kier alpha value is -1.79. The van der Waals surface area contributed by atoms with Gasteiger partial charge in [0.1, 0.15) is 6.04 Å². The summed E-state index contributed by atoms with van der Waals surface area (Å²) in [6.45, 7) is 0.897. The van der Waals surface area contributed by atoms with Crippen LogP contribution in [0.3, 0.4) is 0 Å². The van der Waals surface area contributed by atoms with E-state index in [1.165, 1.54) is 17.0 Å². The van der Waals surface area contributed by atoms with Gasteiger partial charge in [0.25, 0.3) is 5.91 Å². The van der Waals surface area contributed by atoms with Crippen molar-refractivity contribution in [1.29, 1.82) is 0 Å². The first kappa shape index (κ1) is 19.5. The predicted molar refractivity (Wildman–Crippen MR) is 95.0 cm³/mol. The molecule has 136 valence electrons. The lowest BCUT2D eigenvalue weighted by molar-refractivity contribution is -0.137. The van der Waals surface area contributed by atoms with Crippen LogP contribution < -0.4 is 5.32 Å². The summed E-state index contributed by atoms with van der Waals surface area (Å²) in [5, 5.41) is 12.1. The first-order valence-electron chi connectivity index (χ1n) is 8.15. The first-order chi connectivity index (χ1) is 11.9. The Bertz CT molecular complexity index is 646. The quantitative estimate of drug-likeness (QED) is 0.705. The highest BCUT2D eigenvalue weighted by molar-refractivity contribution is 6.35. The number of carbonyl (C=O) groups is 3. The zero-order chi connectivity index (χ0) is 18.4. The van der Waals surface area contributed by atoms with E-state index in [4.69, 9.17) is 28.3 Å². The lowest BCUT2D eigenvalue weighted by atomic mass is 10.1. The Morgan fingerprint density at radius 2 is 1.84 bits per heavy atom. The topological polar surface area (TPSA) is 86.7 Å². The Balaban J connectivity index is 1.93. The van der Waals surface area contributed by atoms with Crippen molar-refractivity contribution in [2.75, 3.05) is 13.1 Å². The Morgan fingerprint density at radius 1 is 1.16 bits per heavy atom. The van der Waals surface area contributed by atoms with E-state index >= 15 is 0 Å². The summed E-state index contributed by atoms with van der Waals surface area (Å²) in [5.74, 6) is -1.33. The van der Waals surface area contributed by atoms with Crippen LogP contribution in [0.15, 0.2) is 18.2 Å². The number of nitrogens with zero attached hydrogens (tertiary/aromatic N) is 1. The summed E-state index contributed by atoms with van der Waals surface area (Å²) >= 11 is 11.9. The molecule has 6 nitrogen and oxygen atoms in total. The summed E-state index contributed by atoms with van der Waals surface area (Å²) in [4.78, 5) is 37.0. The molecule has 1 aliphatic heterocycles. The SMILES string of the molecule is O=C(O)CCCCNC(=O)C1CCCN1C(=O)c1cc(Cl)cc(Cl)c1. The van der Waals surface area contributed by atoms with Crippen molar-refractivity contribution in [1.82, 2.24) is 10.2 Å². The number of aliphatic carboxylic acids is 1. The molecule has 0 aliphatic carbocycles. The second kappa shape index (κ2) is 9.06. The van der Waals surface area contributed by atoms with E-state index < -0.39 is 12.0 Å². The van der Waals surface area contributed by atoms with Gasteiger partial charge in [0.15, 0.2) is 0 Å². The number of rotatable bonds is 7. The average Bonchev–Trinajstić information content (AvgIpc) is 3.02. The lowest BCUT2D eigenvalue weighted by Crippen LogP contribution is -2.46. The minimum atomic E-state index is -0.848. The number of hydrogen-bond acceptors (Lipinski definition) is 3. The fourth-order valence-corrected chi connectivity index (χ4v) is 3.38. The van der Waals surface area contributed by atoms with Gasteiger partial charge in [-0.15, -0.1) is 0 Å². The molecule has 1 heterocycles. The van der Waals surface area contributed by atoms with Crippen molar-refractivity contribution < 1.29 is 19.5 Å². The molecule has 2 N–H and O–H groups in total. The van der Waals surface area contributed by atoms with Gasteiger partial charge in [-0.2, -0.15) is 0 Å². The molecule has 2 rings (SSSR count). The molecule has 1 aromatic carbocycles. The van der Waals surface area contributed by atoms with E-state index in [1.54, 1.807) is 6.07 Å². The van der Waals surface area contributed by atoms with Crippen LogP contribution in [0.4, 0.5) is 0 Å². The van der Waals surface area contributed by atoms with Crippen LogP contribution in [-0.4, -0.2) is 46.9 Å². The normalized spacial score (nSPS) is 16.7. The Labute approximate surface area is 156 Å². The molecular formula is C17H20Cl2N2O4. The van der Waals surface area contributed by atoms with Crippen LogP contribution >= 0.6 is 23.2 Å². The zero-order valence-corrected chi connectivity index (χ0v) is 15.1. The van der Waals surface area contributed by atoms with Gasteiger partial charge in [0.05, 0.1) is 0 Å². The second-order valence-electron chi connectivity index (χ2n) is 5.96. The third-order valence-corrected chi connectivity index (χ3v) is 4.48. The summed E-state index contributed by atoms with van der Waals surface area (Å²) in [6, 6.07) is 4.10. The number of carbonyl (C=O) groups excluding carboxylic acids is 2. The standard InChI is InChI=1S/C17H20Cl2N2O4/c18-12-8-11(9-13(19)10-12)17(25)21-7-3-4-14(21)16(24)20-6-2-1-5-15(22)23/h8-10,14H,1-7H2,(H,20,24)(H,22,23). The monoisotopic (exact) mass is 386 g/mol. The van der Waals surface area contributed by atoms with Crippen LogP contribution in [0, 0.1) is 0 Å². The molecule has 1 saturated heterocycles. The predicted octanol–water partition coefficient (Wildman–Crippen LogP) is 2.97. The number of amides is 2. The molecule has 1 aliphatic rings. The summed E-state index contributed by atoms with van der Waals surface area (Å²) in [7, 11) is 0. The Morgan fingerprint density at radius 3 is 2.48 bits per heavy atom. The van der Waals surface area contributed by atoms with Crippen LogP contribution in [-0.2, 0) is 9.59 Å². The molecule has 1 unspecified atom stereocenters. The molecular weight excluding hydrogens is 367 g/mol. The van der Waals surface area contributed by atoms with Crippen molar-refractivity contribution in [2.45, 2.75) is 38.1 Å². The molecule has 25 heavy (non-hydrogen) atoms. The highest BCUT2D eigenvalue weighted by Crippen LogP contribution is 2.24. The minimum absolute atomic E-state index is 0.0828. The number of carboxylic acids is 1. The van der Waals surface area contributed by atoms with Gasteiger partial charge in [0.2, 0.25) is 5.91 Å². The lowest BCUT2D eigenvalue weighted by Gasteiger charge is -2.24. The van der Waals surface area contributed by atoms with Gasteiger partial charge < -0.3 is 15.3 Å². The van der Waals surface area contributed by atoms with Gasteiger partial charge in [0, 0.05) is 35.1 Å². The van der Waals surface area contributed by atoms with Crippen molar-refractivity contribution in [3.63, 3.8) is 0 Å². The average molecular weight is 387 g/mol. The zero-order valence-electron chi connectivity index (χ0n) is 13.6. The first-order valence-corrected chi connectivity index (χ1v) is 8.90. The number of nitrogens with one attached hydrogen (secondary N) is 1.